The molecule has 0 radical (unpaired) electrons. The summed E-state index contributed by atoms with van der Waals surface area (Å²) in [5, 5.41) is 18.8. The van der Waals surface area contributed by atoms with E-state index in [0.717, 1.165) is 0 Å². The molecule has 0 atom stereocenters. The maximum Gasteiger partial charge on any atom is 0.203 e. The standard InChI is InChI=1S/C7H4N6O/c14-2-5-4-1-8-10-6(4)7-11-9-3-13(7)12-5/h1-3H,(H,8,10). The third kappa shape index (κ3) is 0.729. The molecular weight excluding hydrogens is 184 g/mol. The zero-order chi connectivity index (χ0) is 9.54. The SMILES string of the molecule is O=Cc1nn2cnnc2c2[nH]ncc12. The molecule has 0 aromatic carbocycles. The number of hydrogen-bond donors (Lipinski definition) is 1. The fourth-order valence-electron chi connectivity index (χ4n) is 1.38. The molecule has 0 spiro atoms. The lowest BCUT2D eigenvalue weighted by molar-refractivity contribution is 0.111. The second-order valence-electron chi connectivity index (χ2n) is 2.76. The van der Waals surface area contributed by atoms with Crippen molar-refractivity contribution in [3.63, 3.8) is 0 Å². The van der Waals surface area contributed by atoms with Crippen molar-refractivity contribution in [1.82, 2.24) is 30.0 Å². The number of H-pyrrole nitrogens is 1. The molecule has 0 bridgehead atoms. The van der Waals surface area contributed by atoms with E-state index in [4.69, 9.17) is 0 Å². The van der Waals surface area contributed by atoms with Gasteiger partial charge in [-0.05, 0) is 0 Å². The smallest absolute Gasteiger partial charge is 0.203 e. The van der Waals surface area contributed by atoms with E-state index in [1.807, 2.05) is 0 Å². The first-order valence-corrected chi connectivity index (χ1v) is 3.88. The van der Waals surface area contributed by atoms with E-state index in [1.54, 1.807) is 6.20 Å². The second kappa shape index (κ2) is 2.34. The van der Waals surface area contributed by atoms with Crippen LogP contribution in [0.25, 0.3) is 16.6 Å². The highest BCUT2D eigenvalue weighted by molar-refractivity contribution is 5.99. The molecule has 0 amide bonds. The van der Waals surface area contributed by atoms with Gasteiger partial charge in [0.25, 0.3) is 0 Å². The van der Waals surface area contributed by atoms with Crippen molar-refractivity contribution >= 4 is 22.8 Å². The van der Waals surface area contributed by atoms with Crippen molar-refractivity contribution in [3.05, 3.63) is 18.2 Å². The molecule has 3 heterocycles. The van der Waals surface area contributed by atoms with E-state index >= 15 is 0 Å². The van der Waals surface area contributed by atoms with Gasteiger partial charge in [-0.25, -0.2) is 0 Å². The Balaban J connectivity index is 2.65. The van der Waals surface area contributed by atoms with Crippen LogP contribution in [0.2, 0.25) is 0 Å². The maximum absolute atomic E-state index is 10.7. The number of carbonyl (C=O) groups excluding carboxylic acids is 1. The molecule has 1 N–H and O–H groups in total. The fourth-order valence-corrected chi connectivity index (χ4v) is 1.38. The minimum atomic E-state index is 0.320. The normalized spacial score (nSPS) is 11.1. The molecule has 14 heavy (non-hydrogen) atoms. The largest absolute Gasteiger partial charge is 0.296 e. The lowest BCUT2D eigenvalue weighted by Gasteiger charge is -1.94. The van der Waals surface area contributed by atoms with Gasteiger partial charge in [-0.1, -0.05) is 0 Å². The zero-order valence-electron chi connectivity index (χ0n) is 6.88. The summed E-state index contributed by atoms with van der Waals surface area (Å²) in [7, 11) is 0. The Morgan fingerprint density at radius 3 is 3.29 bits per heavy atom. The van der Waals surface area contributed by atoms with Gasteiger partial charge >= 0.3 is 0 Å². The van der Waals surface area contributed by atoms with Crippen LogP contribution < -0.4 is 0 Å². The Bertz CT molecular complexity index is 623. The van der Waals surface area contributed by atoms with Crippen molar-refractivity contribution in [3.8, 4) is 0 Å². The van der Waals surface area contributed by atoms with Crippen molar-refractivity contribution in [1.29, 1.82) is 0 Å². The summed E-state index contributed by atoms with van der Waals surface area (Å²) in [6.07, 6.45) is 3.65. The first-order valence-electron chi connectivity index (χ1n) is 3.88. The third-order valence-corrected chi connectivity index (χ3v) is 2.00. The summed E-state index contributed by atoms with van der Waals surface area (Å²) in [6, 6.07) is 0. The molecule has 7 heteroatoms. The Morgan fingerprint density at radius 2 is 2.43 bits per heavy atom. The molecule has 0 aliphatic rings. The topological polar surface area (TPSA) is 88.8 Å². The number of aromatic amines is 1. The van der Waals surface area contributed by atoms with E-state index in [2.05, 4.69) is 25.5 Å². The molecule has 7 nitrogen and oxygen atoms in total. The van der Waals surface area contributed by atoms with Gasteiger partial charge in [-0.2, -0.15) is 14.7 Å². The average Bonchev–Trinajstić information content (AvgIpc) is 2.83. The highest BCUT2D eigenvalue weighted by Gasteiger charge is 2.10. The van der Waals surface area contributed by atoms with Crippen LogP contribution in [0.15, 0.2) is 12.5 Å². The van der Waals surface area contributed by atoms with Gasteiger partial charge in [0.15, 0.2) is 6.29 Å². The molecule has 0 fully saturated rings. The van der Waals surface area contributed by atoms with Crippen LogP contribution in [0.3, 0.4) is 0 Å². The van der Waals surface area contributed by atoms with Gasteiger partial charge in [0.05, 0.1) is 11.6 Å². The van der Waals surface area contributed by atoms with Gasteiger partial charge in [0.2, 0.25) is 5.65 Å². The van der Waals surface area contributed by atoms with Crippen molar-refractivity contribution in [2.75, 3.05) is 0 Å². The average molecular weight is 188 g/mol. The summed E-state index contributed by atoms with van der Waals surface area (Å²) >= 11 is 0. The van der Waals surface area contributed by atoms with Gasteiger partial charge in [0.1, 0.15) is 17.5 Å². The summed E-state index contributed by atoms with van der Waals surface area (Å²) in [4.78, 5) is 10.7. The summed E-state index contributed by atoms with van der Waals surface area (Å²) in [6.45, 7) is 0. The van der Waals surface area contributed by atoms with Crippen LogP contribution in [0, 0.1) is 0 Å². The van der Waals surface area contributed by atoms with Crippen LogP contribution in [0.1, 0.15) is 10.5 Å². The molecule has 68 valence electrons. The molecule has 3 rings (SSSR count). The van der Waals surface area contributed by atoms with E-state index in [0.29, 0.717) is 28.5 Å². The van der Waals surface area contributed by atoms with Crippen LogP contribution in [-0.2, 0) is 0 Å². The Hall–Kier alpha value is -2.31. The minimum Gasteiger partial charge on any atom is -0.296 e. The Kier molecular flexibility index (Phi) is 1.19. The number of rotatable bonds is 1. The highest BCUT2D eigenvalue weighted by Crippen LogP contribution is 2.15. The molecule has 0 unspecified atom stereocenters. The molecule has 3 aromatic heterocycles. The summed E-state index contributed by atoms with van der Waals surface area (Å²) in [5.74, 6) is 0. The van der Waals surface area contributed by atoms with Gasteiger partial charge < -0.3 is 0 Å². The Labute approximate surface area is 76.8 Å². The predicted molar refractivity (Wildman–Crippen MR) is 45.8 cm³/mol. The number of fused-ring (bicyclic) bond motifs is 3. The van der Waals surface area contributed by atoms with Crippen LogP contribution in [0.4, 0.5) is 0 Å². The van der Waals surface area contributed by atoms with E-state index < -0.39 is 0 Å². The number of aldehydes is 1. The van der Waals surface area contributed by atoms with Crippen LogP contribution in [0.5, 0.6) is 0 Å². The van der Waals surface area contributed by atoms with E-state index in [9.17, 15) is 4.79 Å². The van der Waals surface area contributed by atoms with Gasteiger partial charge in [-0.3, -0.25) is 9.89 Å². The van der Waals surface area contributed by atoms with Gasteiger partial charge in [0, 0.05) is 0 Å². The minimum absolute atomic E-state index is 0.320. The predicted octanol–water partition coefficient (Wildman–Crippen LogP) is -0.187. The first-order chi connectivity index (χ1) is 6.90. The van der Waals surface area contributed by atoms with Gasteiger partial charge in [-0.15, -0.1) is 10.2 Å². The number of nitrogens with zero attached hydrogens (tertiary/aromatic N) is 5. The molecule has 0 aliphatic heterocycles. The lowest BCUT2D eigenvalue weighted by atomic mass is 10.3. The number of aromatic nitrogens is 6. The van der Waals surface area contributed by atoms with Crippen molar-refractivity contribution in [2.24, 2.45) is 0 Å². The first kappa shape index (κ1) is 7.13. The summed E-state index contributed by atoms with van der Waals surface area (Å²) in [5.41, 5.74) is 1.55. The third-order valence-electron chi connectivity index (χ3n) is 2.00. The monoisotopic (exact) mass is 188 g/mol. The number of carbonyl (C=O) groups is 1. The number of hydrogen-bond acceptors (Lipinski definition) is 5. The lowest BCUT2D eigenvalue weighted by Crippen LogP contribution is -1.97. The summed E-state index contributed by atoms with van der Waals surface area (Å²) < 4.78 is 1.43. The van der Waals surface area contributed by atoms with E-state index in [-0.39, 0.29) is 0 Å². The quantitative estimate of drug-likeness (QED) is 0.535. The zero-order valence-corrected chi connectivity index (χ0v) is 6.88. The van der Waals surface area contributed by atoms with E-state index in [1.165, 1.54) is 10.8 Å². The molecule has 0 saturated carbocycles. The highest BCUT2D eigenvalue weighted by atomic mass is 16.1. The maximum atomic E-state index is 10.7. The molecular formula is C7H4N6O. The molecule has 0 aliphatic carbocycles. The fraction of sp³-hybridized carbons (Fsp3) is 0. The van der Waals surface area contributed by atoms with Crippen molar-refractivity contribution in [2.45, 2.75) is 0 Å². The van der Waals surface area contributed by atoms with Crippen molar-refractivity contribution < 1.29 is 4.79 Å². The Morgan fingerprint density at radius 1 is 1.50 bits per heavy atom. The molecule has 0 saturated heterocycles. The van der Waals surface area contributed by atoms with Crippen LogP contribution in [-0.4, -0.2) is 36.3 Å². The van der Waals surface area contributed by atoms with Crippen LogP contribution >= 0.6 is 0 Å². The number of nitrogens with one attached hydrogen (secondary N) is 1. The second-order valence-corrected chi connectivity index (χ2v) is 2.76. The molecule has 3 aromatic rings.